The second-order valence-electron chi connectivity index (χ2n) is 9.35. The number of benzene rings is 3. The lowest BCUT2D eigenvalue weighted by molar-refractivity contribution is -0.148. The van der Waals surface area contributed by atoms with E-state index in [1.165, 1.54) is 0 Å². The molecular formula is C27H23BN2O6. The molecule has 3 aromatic rings. The van der Waals surface area contributed by atoms with Gasteiger partial charge in [0, 0.05) is 18.2 Å². The molecule has 2 saturated heterocycles. The minimum Gasteiger partial charge on any atom is -0.503 e. The highest BCUT2D eigenvalue weighted by atomic mass is 16.7. The van der Waals surface area contributed by atoms with Gasteiger partial charge in [0.15, 0.2) is 5.78 Å². The Bertz CT molecular complexity index is 1350. The van der Waals surface area contributed by atoms with Crippen molar-refractivity contribution in [3.05, 3.63) is 83.9 Å². The first kappa shape index (κ1) is 22.5. The third-order valence-corrected chi connectivity index (χ3v) is 6.96. The molecule has 6 rings (SSSR count). The van der Waals surface area contributed by atoms with Crippen LogP contribution in [0, 0.1) is 0 Å². The summed E-state index contributed by atoms with van der Waals surface area (Å²) in [6.45, 7) is 0.477. The summed E-state index contributed by atoms with van der Waals surface area (Å²) in [6, 6.07) is 23.0. The number of ether oxygens (including phenoxy) is 1. The van der Waals surface area contributed by atoms with Gasteiger partial charge >= 0.3 is 19.2 Å². The number of fused-ring (bicyclic) bond motifs is 3. The first-order valence-electron chi connectivity index (χ1n) is 11.8. The van der Waals surface area contributed by atoms with Gasteiger partial charge in [-0.05, 0) is 46.9 Å². The van der Waals surface area contributed by atoms with E-state index in [1.54, 1.807) is 36.2 Å². The van der Waals surface area contributed by atoms with E-state index in [2.05, 4.69) is 29.6 Å². The monoisotopic (exact) mass is 482 g/mol. The van der Waals surface area contributed by atoms with Crippen LogP contribution in [0.1, 0.15) is 17.0 Å². The minimum atomic E-state index is -1.59. The highest BCUT2D eigenvalue weighted by molar-refractivity contribution is 6.65. The largest absolute Gasteiger partial charge is 0.566 e. The van der Waals surface area contributed by atoms with Crippen molar-refractivity contribution in [3.63, 3.8) is 0 Å². The van der Waals surface area contributed by atoms with Crippen LogP contribution in [0.25, 0.3) is 11.1 Å². The summed E-state index contributed by atoms with van der Waals surface area (Å²) in [5.41, 5.74) is 3.97. The molecule has 36 heavy (non-hydrogen) atoms. The fraction of sp³-hybridized carbons (Fsp3) is 0.222. The molecule has 2 aliphatic heterocycles. The number of anilines is 1. The number of carbonyl (C=O) groups excluding carboxylic acids is 3. The standard InChI is InChI=1S/C27H23BN2O6/c1-30-14-24(31)27(16-30)25(32)35-28(36-27)17-7-6-8-18(13-17)29-26(33)34-15-23-21-11-4-2-9-19(21)20-10-3-5-12-22(20)23/h2-13,23H,14-16H2,1H3,(H,29,33). The lowest BCUT2D eigenvalue weighted by atomic mass is 9.79. The number of ketones is 1. The number of likely N-dealkylation sites (N-methyl/N-ethyl adjacent to an activating group) is 1. The summed E-state index contributed by atoms with van der Waals surface area (Å²) < 4.78 is 16.8. The number of carbonyl (C=O) groups is 3. The first-order valence-corrected chi connectivity index (χ1v) is 11.8. The van der Waals surface area contributed by atoms with Gasteiger partial charge < -0.3 is 14.0 Å². The smallest absolute Gasteiger partial charge is 0.503 e. The fourth-order valence-corrected chi connectivity index (χ4v) is 5.28. The van der Waals surface area contributed by atoms with E-state index in [-0.39, 0.29) is 31.4 Å². The Labute approximate surface area is 208 Å². The average Bonchev–Trinajstić information content (AvgIpc) is 3.48. The van der Waals surface area contributed by atoms with Gasteiger partial charge in [0.05, 0.1) is 6.54 Å². The molecule has 0 aromatic heterocycles. The maximum absolute atomic E-state index is 12.7. The van der Waals surface area contributed by atoms with Crippen molar-refractivity contribution >= 4 is 36.1 Å². The highest BCUT2D eigenvalue weighted by Crippen LogP contribution is 2.44. The molecule has 1 spiro atoms. The molecule has 1 unspecified atom stereocenters. The molecule has 0 saturated carbocycles. The van der Waals surface area contributed by atoms with E-state index < -0.39 is 24.8 Å². The molecule has 0 radical (unpaired) electrons. The Morgan fingerprint density at radius 3 is 2.42 bits per heavy atom. The summed E-state index contributed by atoms with van der Waals surface area (Å²) in [5, 5.41) is 2.73. The van der Waals surface area contributed by atoms with Gasteiger partial charge in [-0.1, -0.05) is 60.7 Å². The zero-order valence-electron chi connectivity index (χ0n) is 19.6. The number of hydrogen-bond donors (Lipinski definition) is 1. The Morgan fingerprint density at radius 1 is 1.06 bits per heavy atom. The predicted octanol–water partition coefficient (Wildman–Crippen LogP) is 2.57. The number of Topliss-reactive ketones (excluding diaryl/α,β-unsaturated/α-hetero) is 1. The molecular weight excluding hydrogens is 459 g/mol. The maximum atomic E-state index is 12.7. The SMILES string of the molecule is CN1CC(=O)C2(C1)OB(c1cccc(NC(=O)OCC3c4ccccc4-c4ccccc43)c1)OC2=O. The van der Waals surface area contributed by atoms with Crippen molar-refractivity contribution in [2.24, 2.45) is 0 Å². The lowest BCUT2D eigenvalue weighted by Gasteiger charge is -2.16. The van der Waals surface area contributed by atoms with Gasteiger partial charge in [0.1, 0.15) is 6.61 Å². The predicted molar refractivity (Wildman–Crippen MR) is 133 cm³/mol. The van der Waals surface area contributed by atoms with Gasteiger partial charge in [-0.3, -0.25) is 19.8 Å². The normalized spacial score (nSPS) is 21.0. The summed E-state index contributed by atoms with van der Waals surface area (Å²) in [5.74, 6) is -1.04. The van der Waals surface area contributed by atoms with E-state index in [1.807, 2.05) is 24.3 Å². The van der Waals surface area contributed by atoms with Gasteiger partial charge in [-0.15, -0.1) is 0 Å². The van der Waals surface area contributed by atoms with Crippen LogP contribution in [0.4, 0.5) is 10.5 Å². The molecule has 1 amide bonds. The van der Waals surface area contributed by atoms with Crippen LogP contribution in [-0.2, 0) is 23.6 Å². The number of rotatable bonds is 4. The first-order chi connectivity index (χ1) is 17.4. The molecule has 8 nitrogen and oxygen atoms in total. The van der Waals surface area contributed by atoms with Crippen molar-refractivity contribution in [1.82, 2.24) is 4.90 Å². The van der Waals surface area contributed by atoms with Crippen LogP contribution in [0.2, 0.25) is 0 Å². The number of nitrogens with zero attached hydrogens (tertiary/aromatic N) is 1. The molecule has 1 N–H and O–H groups in total. The zero-order chi connectivity index (χ0) is 24.9. The summed E-state index contributed by atoms with van der Waals surface area (Å²) >= 11 is 0. The van der Waals surface area contributed by atoms with E-state index in [4.69, 9.17) is 14.0 Å². The molecule has 0 bridgehead atoms. The van der Waals surface area contributed by atoms with Crippen molar-refractivity contribution in [2.45, 2.75) is 11.5 Å². The van der Waals surface area contributed by atoms with E-state index in [0.29, 0.717) is 11.2 Å². The Kier molecular flexibility index (Phi) is 5.39. The van der Waals surface area contributed by atoms with Crippen LogP contribution < -0.4 is 10.8 Å². The van der Waals surface area contributed by atoms with Gasteiger partial charge in [0.2, 0.25) is 5.60 Å². The second kappa shape index (κ2) is 8.62. The lowest BCUT2D eigenvalue weighted by Crippen LogP contribution is -2.46. The van der Waals surface area contributed by atoms with Crippen LogP contribution in [0.15, 0.2) is 72.8 Å². The molecule has 2 heterocycles. The quantitative estimate of drug-likeness (QED) is 0.451. The minimum absolute atomic E-state index is 0.0425. The van der Waals surface area contributed by atoms with E-state index in [0.717, 1.165) is 22.3 Å². The Hall–Kier alpha value is -3.95. The third kappa shape index (κ3) is 3.68. The average molecular weight is 482 g/mol. The van der Waals surface area contributed by atoms with Gasteiger partial charge in [-0.2, -0.15) is 0 Å². The number of amides is 1. The number of likely N-dealkylation sites (tertiary alicyclic amines) is 1. The van der Waals surface area contributed by atoms with E-state index in [9.17, 15) is 14.4 Å². The van der Waals surface area contributed by atoms with Crippen molar-refractivity contribution < 1.29 is 28.4 Å². The van der Waals surface area contributed by atoms with E-state index >= 15 is 0 Å². The molecule has 1 atom stereocenters. The van der Waals surface area contributed by atoms with Crippen LogP contribution in [-0.4, -0.2) is 62.2 Å². The Morgan fingerprint density at radius 2 is 1.75 bits per heavy atom. The summed E-state index contributed by atoms with van der Waals surface area (Å²) in [6.07, 6.45) is -0.595. The summed E-state index contributed by atoms with van der Waals surface area (Å²) in [4.78, 5) is 39.3. The van der Waals surface area contributed by atoms with Crippen LogP contribution >= 0.6 is 0 Å². The summed E-state index contributed by atoms with van der Waals surface area (Å²) in [7, 11) is 0.715. The third-order valence-electron chi connectivity index (χ3n) is 6.96. The zero-order valence-corrected chi connectivity index (χ0v) is 19.6. The van der Waals surface area contributed by atoms with Gasteiger partial charge in [-0.25, -0.2) is 4.79 Å². The molecule has 2 fully saturated rings. The molecule has 3 aliphatic rings. The van der Waals surface area contributed by atoms with Gasteiger partial charge in [0.25, 0.3) is 0 Å². The van der Waals surface area contributed by atoms with Crippen molar-refractivity contribution in [3.8, 4) is 11.1 Å². The molecule has 180 valence electrons. The highest BCUT2D eigenvalue weighted by Gasteiger charge is 2.61. The second-order valence-corrected chi connectivity index (χ2v) is 9.35. The maximum Gasteiger partial charge on any atom is 0.566 e. The number of hydrogen-bond acceptors (Lipinski definition) is 7. The Balaban J connectivity index is 1.13. The topological polar surface area (TPSA) is 94.2 Å². The number of nitrogens with one attached hydrogen (secondary N) is 1. The fourth-order valence-electron chi connectivity index (χ4n) is 5.28. The molecule has 3 aromatic carbocycles. The van der Waals surface area contributed by atoms with Crippen molar-refractivity contribution in [1.29, 1.82) is 0 Å². The van der Waals surface area contributed by atoms with Crippen LogP contribution in [0.5, 0.6) is 0 Å². The molecule has 9 heteroatoms. The van der Waals surface area contributed by atoms with Crippen LogP contribution in [0.3, 0.4) is 0 Å². The molecule has 1 aliphatic carbocycles. The van der Waals surface area contributed by atoms with Crippen molar-refractivity contribution in [2.75, 3.05) is 32.1 Å².